The quantitative estimate of drug-likeness (QED) is 0.867. The molecule has 2 aromatic rings. The van der Waals surface area contributed by atoms with Gasteiger partial charge in [0.2, 0.25) is 5.89 Å². The van der Waals surface area contributed by atoms with Crippen LogP contribution >= 0.6 is 0 Å². The molecule has 2 rings (SSSR count). The highest BCUT2D eigenvalue weighted by molar-refractivity contribution is 5.99. The molecule has 1 heterocycles. The van der Waals surface area contributed by atoms with Crippen molar-refractivity contribution in [3.05, 3.63) is 41.0 Å². The van der Waals surface area contributed by atoms with Crippen molar-refractivity contribution < 1.29 is 9.32 Å². The van der Waals surface area contributed by atoms with E-state index >= 15 is 0 Å². The number of carbonyl (C=O) groups is 1. The lowest BCUT2D eigenvalue weighted by Crippen LogP contribution is -2.26. The lowest BCUT2D eigenvalue weighted by molar-refractivity contribution is 0.0954. The topological polar surface area (TPSA) is 80.0 Å². The third-order valence-corrected chi connectivity index (χ3v) is 2.88. The van der Waals surface area contributed by atoms with Gasteiger partial charge in [-0.1, -0.05) is 11.2 Å². The van der Waals surface area contributed by atoms with Crippen LogP contribution in [-0.4, -0.2) is 29.6 Å². The van der Waals surface area contributed by atoms with E-state index < -0.39 is 0 Å². The third kappa shape index (κ3) is 3.34. The van der Waals surface area contributed by atoms with Crippen LogP contribution in [0.2, 0.25) is 0 Å². The highest BCUT2D eigenvalue weighted by Gasteiger charge is 2.11. The highest BCUT2D eigenvalue weighted by atomic mass is 16.5. The Bertz CT molecular complexity index is 607. The minimum absolute atomic E-state index is 0.120. The summed E-state index contributed by atoms with van der Waals surface area (Å²) >= 11 is 0. The predicted octanol–water partition coefficient (Wildman–Crippen LogP) is 1.70. The smallest absolute Gasteiger partial charge is 0.253 e. The van der Waals surface area contributed by atoms with Crippen LogP contribution < -0.4 is 10.6 Å². The van der Waals surface area contributed by atoms with Crippen molar-refractivity contribution in [3.8, 4) is 0 Å². The summed E-state index contributed by atoms with van der Waals surface area (Å²) in [6, 6.07) is 5.67. The number of aryl methyl sites for hydroxylation is 2. The Kier molecular flexibility index (Phi) is 4.34. The van der Waals surface area contributed by atoms with Crippen LogP contribution in [-0.2, 0) is 6.42 Å². The second-order valence-corrected chi connectivity index (χ2v) is 4.54. The molecule has 1 amide bonds. The van der Waals surface area contributed by atoms with E-state index in [4.69, 9.17) is 4.52 Å². The summed E-state index contributed by atoms with van der Waals surface area (Å²) in [5, 5.41) is 9.57. The van der Waals surface area contributed by atoms with Crippen LogP contribution in [0, 0.1) is 13.8 Å². The molecule has 0 unspecified atom stereocenters. The van der Waals surface area contributed by atoms with Crippen LogP contribution in [0.1, 0.15) is 27.6 Å². The number of carbonyl (C=O) groups excluding carboxylic acids is 1. The van der Waals surface area contributed by atoms with E-state index in [1.165, 1.54) is 0 Å². The highest BCUT2D eigenvalue weighted by Crippen LogP contribution is 2.16. The van der Waals surface area contributed by atoms with E-state index in [1.807, 2.05) is 25.1 Å². The first-order valence-electron chi connectivity index (χ1n) is 6.46. The van der Waals surface area contributed by atoms with E-state index in [9.17, 15) is 4.79 Å². The molecule has 0 atom stereocenters. The Balaban J connectivity index is 1.95. The van der Waals surface area contributed by atoms with Gasteiger partial charge >= 0.3 is 0 Å². The lowest BCUT2D eigenvalue weighted by atomic mass is 10.1. The van der Waals surface area contributed by atoms with Crippen molar-refractivity contribution in [2.75, 3.05) is 18.9 Å². The van der Waals surface area contributed by atoms with Crippen LogP contribution in [0.5, 0.6) is 0 Å². The molecule has 0 aliphatic carbocycles. The number of nitrogens with one attached hydrogen (secondary N) is 2. The SMILES string of the molecule is CNc1cc(C)ccc1C(=O)NCCc1nc(C)no1. The average molecular weight is 274 g/mol. The summed E-state index contributed by atoms with van der Waals surface area (Å²) in [5.74, 6) is 1.01. The standard InChI is InChI=1S/C14H18N4O2/c1-9-4-5-11(12(8-9)15-3)14(19)16-7-6-13-17-10(2)18-20-13/h4-5,8,15H,6-7H2,1-3H3,(H,16,19). The largest absolute Gasteiger partial charge is 0.387 e. The van der Waals surface area contributed by atoms with Gasteiger partial charge in [-0.15, -0.1) is 0 Å². The van der Waals surface area contributed by atoms with Gasteiger partial charge in [0.05, 0.1) is 5.56 Å². The maximum atomic E-state index is 12.1. The first-order chi connectivity index (χ1) is 9.60. The maximum Gasteiger partial charge on any atom is 0.253 e. The summed E-state index contributed by atoms with van der Waals surface area (Å²) < 4.78 is 4.99. The lowest BCUT2D eigenvalue weighted by Gasteiger charge is -2.10. The summed E-state index contributed by atoms with van der Waals surface area (Å²) in [7, 11) is 1.80. The van der Waals surface area contributed by atoms with Crippen LogP contribution in [0.3, 0.4) is 0 Å². The molecule has 106 valence electrons. The molecule has 0 saturated heterocycles. The molecule has 0 radical (unpaired) electrons. The van der Waals surface area contributed by atoms with E-state index in [-0.39, 0.29) is 5.91 Å². The zero-order valence-electron chi connectivity index (χ0n) is 11.9. The Morgan fingerprint density at radius 2 is 2.15 bits per heavy atom. The van der Waals surface area contributed by atoms with Gasteiger partial charge in [0.15, 0.2) is 5.82 Å². The molecule has 20 heavy (non-hydrogen) atoms. The molecular weight excluding hydrogens is 256 g/mol. The minimum atomic E-state index is -0.120. The molecule has 6 nitrogen and oxygen atoms in total. The zero-order valence-corrected chi connectivity index (χ0v) is 11.9. The Hall–Kier alpha value is -2.37. The van der Waals surface area contributed by atoms with E-state index in [0.717, 1.165) is 11.3 Å². The van der Waals surface area contributed by atoms with Crippen molar-refractivity contribution in [2.24, 2.45) is 0 Å². The number of nitrogens with zero attached hydrogens (tertiary/aromatic N) is 2. The average Bonchev–Trinajstić information content (AvgIpc) is 2.84. The number of rotatable bonds is 5. The molecule has 0 aliphatic heterocycles. The number of benzene rings is 1. The minimum Gasteiger partial charge on any atom is -0.387 e. The molecule has 6 heteroatoms. The van der Waals surface area contributed by atoms with Gasteiger partial charge in [-0.3, -0.25) is 4.79 Å². The van der Waals surface area contributed by atoms with Crippen molar-refractivity contribution in [1.82, 2.24) is 15.5 Å². The van der Waals surface area contributed by atoms with Crippen molar-refractivity contribution >= 4 is 11.6 Å². The fraction of sp³-hybridized carbons (Fsp3) is 0.357. The normalized spacial score (nSPS) is 10.3. The number of hydrogen-bond donors (Lipinski definition) is 2. The molecule has 0 aliphatic rings. The first-order valence-corrected chi connectivity index (χ1v) is 6.46. The maximum absolute atomic E-state index is 12.1. The number of anilines is 1. The van der Waals surface area contributed by atoms with E-state index in [0.29, 0.717) is 30.2 Å². The molecule has 0 fully saturated rings. The van der Waals surface area contributed by atoms with Crippen LogP contribution in [0.15, 0.2) is 22.7 Å². The van der Waals surface area contributed by atoms with Gasteiger partial charge in [0, 0.05) is 25.7 Å². The number of aromatic nitrogens is 2. The number of amides is 1. The Morgan fingerprint density at radius 1 is 1.35 bits per heavy atom. The monoisotopic (exact) mass is 274 g/mol. The molecule has 2 N–H and O–H groups in total. The summed E-state index contributed by atoms with van der Waals surface area (Å²) in [6.45, 7) is 4.20. The van der Waals surface area contributed by atoms with Crippen LogP contribution in [0.25, 0.3) is 0 Å². The van der Waals surface area contributed by atoms with Gasteiger partial charge in [-0.05, 0) is 31.5 Å². The Labute approximate surface area is 117 Å². The third-order valence-electron chi connectivity index (χ3n) is 2.88. The predicted molar refractivity (Wildman–Crippen MR) is 75.8 cm³/mol. The molecule has 0 spiro atoms. The fourth-order valence-corrected chi connectivity index (χ4v) is 1.88. The van der Waals surface area contributed by atoms with Gasteiger partial charge in [0.25, 0.3) is 5.91 Å². The molecular formula is C14H18N4O2. The first kappa shape index (κ1) is 14.0. The molecule has 1 aromatic heterocycles. The summed E-state index contributed by atoms with van der Waals surface area (Å²) in [6.07, 6.45) is 0.521. The van der Waals surface area contributed by atoms with E-state index in [2.05, 4.69) is 20.8 Å². The summed E-state index contributed by atoms with van der Waals surface area (Å²) in [4.78, 5) is 16.2. The van der Waals surface area contributed by atoms with Gasteiger partial charge in [0.1, 0.15) is 0 Å². The van der Waals surface area contributed by atoms with Crippen molar-refractivity contribution in [1.29, 1.82) is 0 Å². The second-order valence-electron chi connectivity index (χ2n) is 4.54. The molecule has 0 saturated carbocycles. The summed E-state index contributed by atoms with van der Waals surface area (Å²) in [5.41, 5.74) is 2.54. The fourth-order valence-electron chi connectivity index (χ4n) is 1.88. The van der Waals surface area contributed by atoms with Gasteiger partial charge in [-0.2, -0.15) is 4.98 Å². The second kappa shape index (κ2) is 6.18. The van der Waals surface area contributed by atoms with E-state index in [1.54, 1.807) is 14.0 Å². The zero-order chi connectivity index (χ0) is 14.5. The van der Waals surface area contributed by atoms with Crippen LogP contribution in [0.4, 0.5) is 5.69 Å². The number of hydrogen-bond acceptors (Lipinski definition) is 5. The Morgan fingerprint density at radius 3 is 2.80 bits per heavy atom. The van der Waals surface area contributed by atoms with Crippen molar-refractivity contribution in [2.45, 2.75) is 20.3 Å². The molecule has 1 aromatic carbocycles. The van der Waals surface area contributed by atoms with Crippen molar-refractivity contribution in [3.63, 3.8) is 0 Å². The van der Waals surface area contributed by atoms with Gasteiger partial charge < -0.3 is 15.2 Å². The molecule has 0 bridgehead atoms. The van der Waals surface area contributed by atoms with Gasteiger partial charge in [-0.25, -0.2) is 0 Å².